The summed E-state index contributed by atoms with van der Waals surface area (Å²) in [7, 11) is 1.60. The van der Waals surface area contributed by atoms with Crippen LogP contribution in [0.3, 0.4) is 0 Å². The minimum atomic E-state index is -0.446. The lowest BCUT2D eigenvalue weighted by Gasteiger charge is -2.40. The minimum absolute atomic E-state index is 0.0678. The van der Waals surface area contributed by atoms with Crippen LogP contribution in [0.15, 0.2) is 35.6 Å². The Hall–Kier alpha value is -1.85. The van der Waals surface area contributed by atoms with Gasteiger partial charge in [0.15, 0.2) is 11.5 Å². The van der Waals surface area contributed by atoms with Gasteiger partial charge in [-0.3, -0.25) is 9.59 Å². The number of amides is 1. The number of hydrogen-bond donors (Lipinski definition) is 0. The van der Waals surface area contributed by atoms with Gasteiger partial charge in [-0.2, -0.15) is 0 Å². The van der Waals surface area contributed by atoms with E-state index < -0.39 is 6.04 Å². The number of fused-ring (bicyclic) bond motifs is 1. The number of carbonyl (C=O) groups is 2. The largest absolute Gasteiger partial charge is 0.483 e. The van der Waals surface area contributed by atoms with Gasteiger partial charge in [-0.1, -0.05) is 37.6 Å². The molecule has 5 atom stereocenters. The van der Waals surface area contributed by atoms with E-state index in [2.05, 4.69) is 13.8 Å². The maximum atomic E-state index is 13.5. The third kappa shape index (κ3) is 3.15. The van der Waals surface area contributed by atoms with Gasteiger partial charge in [0.1, 0.15) is 6.10 Å². The fraction of sp³-hybridized carbons (Fsp3) is 0.545. The Kier molecular flexibility index (Phi) is 5.23. The highest BCUT2D eigenvalue weighted by Gasteiger charge is 2.53. The summed E-state index contributed by atoms with van der Waals surface area (Å²) in [6, 6.07) is 6.88. The Balaban J connectivity index is 1.75. The number of carbonyl (C=O) groups excluding carboxylic acids is 2. The van der Waals surface area contributed by atoms with Crippen LogP contribution in [-0.2, 0) is 19.1 Å². The molecule has 150 valence electrons. The average molecular weight is 404 g/mol. The topological polar surface area (TPSA) is 55.8 Å². The standard InChI is InChI=1S/C22H26ClNO4/c1-12-10-16-17(11-13(12)2)28-21-18(20(16)25)19(14-4-6-15(23)7-5-14)24(22(21)26)8-9-27-3/h4-7,12-13,16-17,19H,8-11H2,1-3H3. The molecule has 3 aliphatic rings. The van der Waals surface area contributed by atoms with Crippen LogP contribution < -0.4 is 0 Å². The van der Waals surface area contributed by atoms with Gasteiger partial charge in [-0.25, -0.2) is 0 Å². The molecular formula is C22H26ClNO4. The molecule has 6 heteroatoms. The molecule has 5 unspecified atom stereocenters. The van der Waals surface area contributed by atoms with Crippen LogP contribution in [0.4, 0.5) is 0 Å². The molecule has 0 N–H and O–H groups in total. The second-order valence-electron chi connectivity index (χ2n) is 8.24. The molecule has 28 heavy (non-hydrogen) atoms. The molecule has 5 nitrogen and oxygen atoms in total. The maximum absolute atomic E-state index is 13.5. The van der Waals surface area contributed by atoms with Gasteiger partial charge >= 0.3 is 0 Å². The number of benzene rings is 1. The van der Waals surface area contributed by atoms with Crippen molar-refractivity contribution in [1.29, 1.82) is 0 Å². The monoisotopic (exact) mass is 403 g/mol. The first-order valence-corrected chi connectivity index (χ1v) is 10.3. The van der Waals surface area contributed by atoms with Crippen molar-refractivity contribution >= 4 is 23.3 Å². The zero-order valence-corrected chi connectivity index (χ0v) is 17.2. The molecule has 1 aliphatic carbocycles. The van der Waals surface area contributed by atoms with E-state index in [9.17, 15) is 9.59 Å². The van der Waals surface area contributed by atoms with Gasteiger partial charge < -0.3 is 14.4 Å². The second-order valence-corrected chi connectivity index (χ2v) is 8.68. The number of Topliss-reactive ketones (excluding diaryl/α,β-unsaturated/α-hetero) is 1. The lowest BCUT2D eigenvalue weighted by molar-refractivity contribution is -0.137. The Morgan fingerprint density at radius 2 is 1.82 bits per heavy atom. The van der Waals surface area contributed by atoms with Crippen molar-refractivity contribution in [2.45, 2.75) is 38.8 Å². The fourth-order valence-electron chi connectivity index (χ4n) is 4.72. The Labute approximate surface area is 170 Å². The SMILES string of the molecule is COCCN1C(=O)C2=C(C(=O)C3CC(C)C(C)CC3O2)C1c1ccc(Cl)cc1. The van der Waals surface area contributed by atoms with Crippen LogP contribution in [0, 0.1) is 17.8 Å². The lowest BCUT2D eigenvalue weighted by Crippen LogP contribution is -2.43. The van der Waals surface area contributed by atoms with E-state index in [1.54, 1.807) is 24.1 Å². The highest BCUT2D eigenvalue weighted by atomic mass is 35.5. The van der Waals surface area contributed by atoms with E-state index in [4.69, 9.17) is 21.1 Å². The smallest absolute Gasteiger partial charge is 0.290 e. The zero-order valence-electron chi connectivity index (χ0n) is 16.5. The summed E-state index contributed by atoms with van der Waals surface area (Å²) in [5.41, 5.74) is 1.37. The van der Waals surface area contributed by atoms with Crippen LogP contribution in [0.1, 0.15) is 38.3 Å². The molecule has 0 aromatic heterocycles. The van der Waals surface area contributed by atoms with E-state index in [0.29, 0.717) is 35.6 Å². The molecule has 2 aliphatic heterocycles. The van der Waals surface area contributed by atoms with E-state index >= 15 is 0 Å². The summed E-state index contributed by atoms with van der Waals surface area (Å²) in [4.78, 5) is 28.4. The van der Waals surface area contributed by atoms with Crippen molar-refractivity contribution in [3.63, 3.8) is 0 Å². The average Bonchev–Trinajstić information content (AvgIpc) is 2.95. The fourth-order valence-corrected chi connectivity index (χ4v) is 4.85. The Morgan fingerprint density at radius 3 is 2.50 bits per heavy atom. The third-order valence-corrected chi connectivity index (χ3v) is 6.78. The van der Waals surface area contributed by atoms with E-state index in [-0.39, 0.29) is 29.5 Å². The molecule has 0 saturated heterocycles. The van der Waals surface area contributed by atoms with Crippen LogP contribution in [0.25, 0.3) is 0 Å². The van der Waals surface area contributed by atoms with Gasteiger partial charge in [0.05, 0.1) is 24.1 Å². The van der Waals surface area contributed by atoms with Crippen molar-refractivity contribution in [2.75, 3.05) is 20.3 Å². The molecule has 0 bridgehead atoms. The highest BCUT2D eigenvalue weighted by molar-refractivity contribution is 6.30. The number of halogens is 1. The van der Waals surface area contributed by atoms with Crippen LogP contribution in [0.5, 0.6) is 0 Å². The zero-order chi connectivity index (χ0) is 20.0. The van der Waals surface area contributed by atoms with Crippen molar-refractivity contribution in [2.24, 2.45) is 17.8 Å². The van der Waals surface area contributed by atoms with E-state index in [0.717, 1.165) is 18.4 Å². The van der Waals surface area contributed by atoms with Crippen molar-refractivity contribution in [3.8, 4) is 0 Å². The lowest BCUT2D eigenvalue weighted by atomic mass is 9.70. The third-order valence-electron chi connectivity index (χ3n) is 6.53. The molecule has 1 saturated carbocycles. The molecule has 1 aromatic rings. The number of methoxy groups -OCH3 is 1. The van der Waals surface area contributed by atoms with Gasteiger partial charge in [-0.05, 0) is 42.4 Å². The highest BCUT2D eigenvalue weighted by Crippen LogP contribution is 2.48. The first-order valence-electron chi connectivity index (χ1n) is 9.92. The predicted molar refractivity (Wildman–Crippen MR) is 106 cm³/mol. The van der Waals surface area contributed by atoms with E-state index in [1.165, 1.54) is 0 Å². The van der Waals surface area contributed by atoms with Crippen molar-refractivity contribution in [1.82, 2.24) is 4.90 Å². The van der Waals surface area contributed by atoms with Crippen LogP contribution in [0.2, 0.25) is 5.02 Å². The Morgan fingerprint density at radius 1 is 1.14 bits per heavy atom. The first kappa shape index (κ1) is 19.5. The molecule has 1 fully saturated rings. The van der Waals surface area contributed by atoms with Gasteiger partial charge in [0.25, 0.3) is 5.91 Å². The van der Waals surface area contributed by atoms with Crippen molar-refractivity contribution in [3.05, 3.63) is 46.2 Å². The normalized spacial score (nSPS) is 32.3. The van der Waals surface area contributed by atoms with Crippen LogP contribution in [-0.4, -0.2) is 43.0 Å². The summed E-state index contributed by atoms with van der Waals surface area (Å²) < 4.78 is 11.4. The molecule has 2 heterocycles. The summed E-state index contributed by atoms with van der Waals surface area (Å²) >= 11 is 6.05. The van der Waals surface area contributed by atoms with Gasteiger partial charge in [-0.15, -0.1) is 0 Å². The molecule has 0 radical (unpaired) electrons. The molecule has 4 rings (SSSR count). The summed E-state index contributed by atoms with van der Waals surface area (Å²) in [6.45, 7) is 5.18. The van der Waals surface area contributed by atoms with Gasteiger partial charge in [0.2, 0.25) is 0 Å². The quantitative estimate of drug-likeness (QED) is 0.767. The molecule has 1 aromatic carbocycles. The summed E-state index contributed by atoms with van der Waals surface area (Å²) in [5.74, 6) is 0.860. The second kappa shape index (κ2) is 7.53. The van der Waals surface area contributed by atoms with Crippen LogP contribution >= 0.6 is 11.6 Å². The van der Waals surface area contributed by atoms with Crippen molar-refractivity contribution < 1.29 is 19.1 Å². The number of rotatable bonds is 4. The molecular weight excluding hydrogens is 378 g/mol. The first-order chi connectivity index (χ1) is 13.4. The summed E-state index contributed by atoms with van der Waals surface area (Å²) in [5, 5.41) is 0.618. The molecule has 1 amide bonds. The number of hydrogen-bond acceptors (Lipinski definition) is 4. The number of ether oxygens (including phenoxy) is 2. The van der Waals surface area contributed by atoms with Gasteiger partial charge in [0, 0.05) is 18.7 Å². The number of ketones is 1. The predicted octanol–water partition coefficient (Wildman–Crippen LogP) is 3.77. The Bertz CT molecular complexity index is 818. The molecule has 0 spiro atoms. The number of nitrogens with zero attached hydrogens (tertiary/aromatic N) is 1. The van der Waals surface area contributed by atoms with E-state index in [1.807, 2.05) is 12.1 Å². The minimum Gasteiger partial charge on any atom is -0.483 e. The summed E-state index contributed by atoms with van der Waals surface area (Å²) in [6.07, 6.45) is 1.42. The maximum Gasteiger partial charge on any atom is 0.290 e.